The van der Waals surface area contributed by atoms with Crippen molar-refractivity contribution in [2.75, 3.05) is 157 Å². The molecule has 17 heteroatoms. The summed E-state index contributed by atoms with van der Waals surface area (Å²) >= 11 is 0. The van der Waals surface area contributed by atoms with E-state index in [2.05, 4.69) is 12.2 Å². The average molecular weight is 990 g/mol. The Hall–Kier alpha value is -2.94. The first-order chi connectivity index (χ1) is 33.9. The Morgan fingerprint density at radius 2 is 0.739 bits per heavy atom. The predicted octanol–water partition coefficient (Wildman–Crippen LogP) is 10.3. The lowest BCUT2D eigenvalue weighted by Crippen LogP contribution is -2.16. The van der Waals surface area contributed by atoms with Crippen LogP contribution in [0.3, 0.4) is 0 Å². The zero-order valence-corrected chi connectivity index (χ0v) is 41.7. The summed E-state index contributed by atoms with van der Waals surface area (Å²) in [5.41, 5.74) is -0.0882. The Kier molecular flexibility index (Phi) is 41.6. The van der Waals surface area contributed by atoms with Crippen LogP contribution >= 0.6 is 0 Å². The van der Waals surface area contributed by atoms with Crippen molar-refractivity contribution >= 4 is 17.3 Å². The van der Waals surface area contributed by atoms with Crippen LogP contribution in [-0.4, -0.2) is 158 Å². The number of para-hydroxylation sites is 1. The van der Waals surface area contributed by atoms with Crippen molar-refractivity contribution in [2.24, 2.45) is 0 Å². The number of unbranched alkanes of at least 4 members (excludes halogenated alkanes) is 13. The minimum absolute atomic E-state index is 0.00246. The molecule has 14 nitrogen and oxygen atoms in total. The van der Waals surface area contributed by atoms with Crippen molar-refractivity contribution in [1.29, 1.82) is 0 Å². The molecule has 1 N–H and O–H groups in total. The van der Waals surface area contributed by atoms with E-state index >= 15 is 0 Å². The van der Waals surface area contributed by atoms with Crippen LogP contribution in [0.25, 0.3) is 0 Å². The fraction of sp³-hybridized carbons (Fsp3) is 0.750. The van der Waals surface area contributed by atoms with Crippen LogP contribution in [0.5, 0.6) is 0 Å². The van der Waals surface area contributed by atoms with Gasteiger partial charge in [-0.3, -0.25) is 0 Å². The van der Waals surface area contributed by atoms with Crippen LogP contribution in [0.1, 0.15) is 113 Å². The smallest absolute Gasteiger partial charge is 0.416 e. The quantitative estimate of drug-likeness (QED) is 0.0497. The van der Waals surface area contributed by atoms with Gasteiger partial charge in [0.25, 0.3) is 0 Å². The van der Waals surface area contributed by atoms with Crippen molar-refractivity contribution < 1.29 is 74.8 Å². The van der Waals surface area contributed by atoms with Gasteiger partial charge in [0.2, 0.25) is 0 Å². The number of benzene rings is 2. The standard InChI is InChI=1S/C52H86F3NO13/c1-2-3-4-5-6-7-8-9-10-11-12-13-14-17-23-58-24-25-59-26-27-60-28-29-61-30-31-62-32-33-63-34-35-64-36-37-65-38-39-66-40-41-67-42-43-68-44-45-69-51(57)49-21-15-16-22-50(49)56-48-20-18-19-47(46-48)52(53,54)55/h15-16,18-22,46,56H,2-14,17,23-45H2,1H3. The maximum absolute atomic E-state index is 13.1. The first-order valence-corrected chi connectivity index (χ1v) is 25.5. The Labute approximate surface area is 411 Å². The van der Waals surface area contributed by atoms with E-state index in [0.29, 0.717) is 138 Å². The molecule has 0 aliphatic heterocycles. The lowest BCUT2D eigenvalue weighted by atomic mass is 10.0. The Morgan fingerprint density at radius 3 is 1.12 bits per heavy atom. The van der Waals surface area contributed by atoms with Crippen LogP contribution in [0, 0.1) is 0 Å². The fourth-order valence-electron chi connectivity index (χ4n) is 6.67. The average Bonchev–Trinajstić information content (AvgIpc) is 3.34. The molecule has 0 saturated heterocycles. The summed E-state index contributed by atoms with van der Waals surface area (Å²) in [6.45, 7) is 12.7. The number of esters is 1. The van der Waals surface area contributed by atoms with Crippen LogP contribution in [-0.2, 0) is 63.0 Å². The molecule has 0 aromatic heterocycles. The third-order valence-electron chi connectivity index (χ3n) is 10.4. The Morgan fingerprint density at radius 1 is 0.406 bits per heavy atom. The lowest BCUT2D eigenvalue weighted by molar-refractivity contribution is -0.137. The molecule has 0 unspecified atom stereocenters. The monoisotopic (exact) mass is 990 g/mol. The van der Waals surface area contributed by atoms with E-state index in [1.54, 1.807) is 18.2 Å². The number of nitrogens with one attached hydrogen (secondary N) is 1. The van der Waals surface area contributed by atoms with E-state index in [4.69, 9.17) is 56.8 Å². The number of anilines is 2. The van der Waals surface area contributed by atoms with Crippen molar-refractivity contribution in [3.8, 4) is 0 Å². The highest BCUT2D eigenvalue weighted by molar-refractivity contribution is 5.96. The van der Waals surface area contributed by atoms with Gasteiger partial charge in [0, 0.05) is 12.3 Å². The molecule has 2 rings (SSSR count). The van der Waals surface area contributed by atoms with Crippen molar-refractivity contribution in [2.45, 2.75) is 103 Å². The first kappa shape index (κ1) is 62.2. The first-order valence-electron chi connectivity index (χ1n) is 25.5. The van der Waals surface area contributed by atoms with Crippen LogP contribution in [0.2, 0.25) is 0 Å². The summed E-state index contributed by atoms with van der Waals surface area (Å²) in [6.07, 6.45) is 14.6. The largest absolute Gasteiger partial charge is 0.460 e. The predicted molar refractivity (Wildman–Crippen MR) is 261 cm³/mol. The van der Waals surface area contributed by atoms with Gasteiger partial charge < -0.3 is 62.2 Å². The molecular weight excluding hydrogens is 904 g/mol. The van der Waals surface area contributed by atoms with Gasteiger partial charge in [-0.05, 0) is 36.8 Å². The number of halogens is 3. The maximum atomic E-state index is 13.1. The summed E-state index contributed by atoms with van der Waals surface area (Å²) in [6, 6.07) is 11.2. The second kappa shape index (κ2) is 46.2. The number of rotatable bonds is 51. The number of carbonyl (C=O) groups is 1. The van der Waals surface area contributed by atoms with Crippen LogP contribution in [0.4, 0.5) is 24.5 Å². The number of hydrogen-bond acceptors (Lipinski definition) is 14. The third-order valence-corrected chi connectivity index (χ3v) is 10.4. The summed E-state index contributed by atoms with van der Waals surface area (Å²) in [4.78, 5) is 12.6. The molecule has 0 atom stereocenters. The second-order valence-electron chi connectivity index (χ2n) is 16.2. The topological polar surface area (TPSA) is 140 Å². The van der Waals surface area contributed by atoms with E-state index in [0.717, 1.165) is 25.2 Å². The summed E-state index contributed by atoms with van der Waals surface area (Å²) in [7, 11) is 0. The molecule has 398 valence electrons. The highest BCUT2D eigenvalue weighted by atomic mass is 19.4. The Balaban J connectivity index is 1.19. The van der Waals surface area contributed by atoms with Gasteiger partial charge >= 0.3 is 12.1 Å². The Bertz CT molecular complexity index is 1440. The van der Waals surface area contributed by atoms with E-state index in [1.807, 2.05) is 0 Å². The number of carbonyl (C=O) groups excluding carboxylic acids is 1. The van der Waals surface area contributed by atoms with Crippen molar-refractivity contribution in [3.05, 3.63) is 59.7 Å². The van der Waals surface area contributed by atoms with Crippen molar-refractivity contribution in [3.63, 3.8) is 0 Å². The minimum Gasteiger partial charge on any atom is -0.460 e. The summed E-state index contributed by atoms with van der Waals surface area (Å²) in [5.74, 6) is -0.628. The number of hydrogen-bond donors (Lipinski definition) is 1. The molecule has 0 aliphatic carbocycles. The lowest BCUT2D eigenvalue weighted by Gasteiger charge is -2.13. The molecule has 0 radical (unpaired) electrons. The molecule has 0 bridgehead atoms. The van der Waals surface area contributed by atoms with Gasteiger partial charge in [-0.2, -0.15) is 13.2 Å². The molecule has 0 saturated carbocycles. The maximum Gasteiger partial charge on any atom is 0.416 e. The molecule has 0 heterocycles. The van der Waals surface area contributed by atoms with E-state index in [-0.39, 0.29) is 24.5 Å². The molecule has 0 aliphatic rings. The van der Waals surface area contributed by atoms with Gasteiger partial charge in [-0.25, -0.2) is 4.79 Å². The molecule has 69 heavy (non-hydrogen) atoms. The minimum atomic E-state index is -4.48. The number of ether oxygens (including phenoxy) is 12. The molecule has 2 aromatic carbocycles. The molecular formula is C52H86F3NO13. The summed E-state index contributed by atoms with van der Waals surface area (Å²) in [5, 5.41) is 2.86. The van der Waals surface area contributed by atoms with Crippen molar-refractivity contribution in [1.82, 2.24) is 0 Å². The van der Waals surface area contributed by atoms with Crippen LogP contribution < -0.4 is 5.32 Å². The normalized spacial score (nSPS) is 11.7. The zero-order valence-electron chi connectivity index (χ0n) is 41.7. The highest BCUT2D eigenvalue weighted by Crippen LogP contribution is 2.32. The van der Waals surface area contributed by atoms with E-state index < -0.39 is 17.7 Å². The van der Waals surface area contributed by atoms with Gasteiger partial charge in [-0.1, -0.05) is 109 Å². The molecule has 2 aromatic rings. The SMILES string of the molecule is CCCCCCCCCCCCCCCCOCCOCCOCCOCCOCCOCCOCCOCCOCCOCCOCCOC(=O)c1ccccc1Nc1cccc(C(F)(F)F)c1. The van der Waals surface area contributed by atoms with Gasteiger partial charge in [-0.15, -0.1) is 0 Å². The van der Waals surface area contributed by atoms with E-state index in [9.17, 15) is 18.0 Å². The van der Waals surface area contributed by atoms with E-state index in [1.165, 1.54) is 102 Å². The molecule has 0 spiro atoms. The summed E-state index contributed by atoms with van der Waals surface area (Å²) < 4.78 is 105. The van der Waals surface area contributed by atoms with Gasteiger partial charge in [0.15, 0.2) is 0 Å². The van der Waals surface area contributed by atoms with Gasteiger partial charge in [0.1, 0.15) is 6.61 Å². The molecule has 0 fully saturated rings. The zero-order chi connectivity index (χ0) is 49.4. The third kappa shape index (κ3) is 38.4. The fourth-order valence-corrected chi connectivity index (χ4v) is 6.67. The van der Waals surface area contributed by atoms with Gasteiger partial charge in [0.05, 0.1) is 156 Å². The van der Waals surface area contributed by atoms with Crippen LogP contribution in [0.15, 0.2) is 48.5 Å². The second-order valence-corrected chi connectivity index (χ2v) is 16.2. The number of alkyl halides is 3. The molecule has 0 amide bonds. The highest BCUT2D eigenvalue weighted by Gasteiger charge is 2.30.